The summed E-state index contributed by atoms with van der Waals surface area (Å²) in [4.78, 5) is 25.3. The van der Waals surface area contributed by atoms with Crippen LogP contribution in [-0.2, 0) is 14.8 Å². The second-order valence-corrected chi connectivity index (χ2v) is 11.4. The Kier molecular flexibility index (Phi) is 7.42. The molecule has 0 spiro atoms. The Morgan fingerprint density at radius 2 is 1.39 bits per heavy atom. The van der Waals surface area contributed by atoms with Crippen molar-refractivity contribution in [2.75, 3.05) is 5.32 Å². The number of benzene rings is 4. The highest BCUT2D eigenvalue weighted by Gasteiger charge is 2.50. The first-order chi connectivity index (χ1) is 19.7. The third-order valence-corrected chi connectivity index (χ3v) is 8.76. The topological polar surface area (TPSA) is 133 Å². The van der Waals surface area contributed by atoms with Crippen molar-refractivity contribution >= 4 is 27.4 Å². The Bertz CT molecular complexity index is 1780. The summed E-state index contributed by atoms with van der Waals surface area (Å²) in [5, 5.41) is 12.8. The summed E-state index contributed by atoms with van der Waals surface area (Å²) in [5.74, 6) is -2.04. The van der Waals surface area contributed by atoms with E-state index in [2.05, 4.69) is 11.4 Å². The molecule has 8 nitrogen and oxygen atoms in total. The third-order valence-electron chi connectivity index (χ3n) is 6.95. The van der Waals surface area contributed by atoms with E-state index in [1.54, 1.807) is 42.5 Å². The summed E-state index contributed by atoms with van der Waals surface area (Å²) in [6.07, 6.45) is 0. The van der Waals surface area contributed by atoms with Crippen LogP contribution < -0.4 is 11.1 Å². The molecule has 0 bridgehead atoms. The number of rotatable bonds is 7. The lowest BCUT2D eigenvalue weighted by Gasteiger charge is -2.29. The van der Waals surface area contributed by atoms with Crippen LogP contribution in [0.4, 0.5) is 5.69 Å². The smallest absolute Gasteiger partial charge is 0.266 e. The Balaban J connectivity index is 1.62. The number of nitrogens with two attached hydrogens (primary N) is 1. The molecule has 41 heavy (non-hydrogen) atoms. The molecular weight excluding hydrogens is 536 g/mol. The van der Waals surface area contributed by atoms with Crippen molar-refractivity contribution in [1.29, 1.82) is 5.26 Å². The molecule has 1 amide bonds. The molecular formula is C32H26N4O4S. The molecule has 0 fully saturated rings. The molecule has 0 saturated carbocycles. The van der Waals surface area contributed by atoms with Gasteiger partial charge in [0.2, 0.25) is 5.91 Å². The van der Waals surface area contributed by atoms with Crippen molar-refractivity contribution in [3.05, 3.63) is 132 Å². The molecule has 4 aromatic rings. The van der Waals surface area contributed by atoms with E-state index in [0.717, 1.165) is 15.4 Å². The van der Waals surface area contributed by atoms with Crippen molar-refractivity contribution in [2.45, 2.75) is 23.8 Å². The summed E-state index contributed by atoms with van der Waals surface area (Å²) in [6, 6.07) is 31.7. The summed E-state index contributed by atoms with van der Waals surface area (Å²) >= 11 is 0. The van der Waals surface area contributed by atoms with Gasteiger partial charge >= 0.3 is 0 Å². The quantitative estimate of drug-likeness (QED) is 0.303. The first kappa shape index (κ1) is 27.4. The number of amides is 1. The number of nitrogens with zero attached hydrogens (tertiary/aromatic N) is 2. The standard InChI is InChI=1S/C32H26N4O4S/c1-21(37)35-26-16-18-27(19-17-26)41(39,40)36-30(31(38)25-10-6-3-7-11-25)29(28(20-33)32(36)34)24-14-12-23(13-15-24)22-8-4-2-5-9-22/h2-19,29-30H,34H2,1H3,(H,35,37)/t29-,30-/m0/s1. The van der Waals surface area contributed by atoms with E-state index in [1.165, 1.54) is 31.2 Å². The van der Waals surface area contributed by atoms with Crippen molar-refractivity contribution in [3.63, 3.8) is 0 Å². The lowest BCUT2D eigenvalue weighted by molar-refractivity contribution is -0.114. The molecule has 1 aliphatic heterocycles. The van der Waals surface area contributed by atoms with Crippen LogP contribution in [0.3, 0.4) is 0 Å². The van der Waals surface area contributed by atoms with Crippen LogP contribution in [0, 0.1) is 11.3 Å². The number of anilines is 1. The Morgan fingerprint density at radius 3 is 1.95 bits per heavy atom. The zero-order chi connectivity index (χ0) is 29.1. The van der Waals surface area contributed by atoms with Crippen LogP contribution in [0.5, 0.6) is 0 Å². The van der Waals surface area contributed by atoms with Crippen molar-refractivity contribution in [2.24, 2.45) is 5.73 Å². The highest BCUT2D eigenvalue weighted by Crippen LogP contribution is 2.44. The van der Waals surface area contributed by atoms with Crippen LogP contribution in [0.2, 0.25) is 0 Å². The van der Waals surface area contributed by atoms with Gasteiger partial charge in [-0.05, 0) is 41.0 Å². The molecule has 5 rings (SSSR count). The highest BCUT2D eigenvalue weighted by molar-refractivity contribution is 7.89. The fourth-order valence-electron chi connectivity index (χ4n) is 5.05. The molecule has 204 valence electrons. The fraction of sp³-hybridized carbons (Fsp3) is 0.0938. The molecule has 1 aliphatic rings. The fourth-order valence-corrected chi connectivity index (χ4v) is 6.63. The molecule has 0 aliphatic carbocycles. The van der Waals surface area contributed by atoms with Gasteiger partial charge in [-0.3, -0.25) is 9.59 Å². The number of hydrogen-bond donors (Lipinski definition) is 2. The molecule has 3 N–H and O–H groups in total. The number of hydrogen-bond acceptors (Lipinski definition) is 6. The van der Waals surface area contributed by atoms with Gasteiger partial charge in [-0.15, -0.1) is 0 Å². The van der Waals surface area contributed by atoms with E-state index < -0.39 is 27.8 Å². The minimum Gasteiger partial charge on any atom is -0.384 e. The normalized spacial score (nSPS) is 16.7. The van der Waals surface area contributed by atoms with E-state index in [9.17, 15) is 23.3 Å². The molecule has 0 saturated heterocycles. The van der Waals surface area contributed by atoms with Gasteiger partial charge in [0, 0.05) is 18.2 Å². The summed E-state index contributed by atoms with van der Waals surface area (Å²) < 4.78 is 29.0. The van der Waals surface area contributed by atoms with E-state index in [-0.39, 0.29) is 27.8 Å². The minimum atomic E-state index is -4.40. The van der Waals surface area contributed by atoms with Crippen LogP contribution in [0.15, 0.2) is 125 Å². The highest BCUT2D eigenvalue weighted by atomic mass is 32.2. The Morgan fingerprint density at radius 1 is 0.829 bits per heavy atom. The van der Waals surface area contributed by atoms with Crippen LogP contribution in [0.25, 0.3) is 11.1 Å². The maximum absolute atomic E-state index is 14.1. The SMILES string of the molecule is CC(=O)Nc1ccc(S(=O)(=O)N2C(N)=C(C#N)[C@H](c3ccc(-c4ccccc4)cc3)[C@H]2C(=O)c2ccccc2)cc1. The lowest BCUT2D eigenvalue weighted by Crippen LogP contribution is -2.45. The zero-order valence-electron chi connectivity index (χ0n) is 22.1. The molecule has 4 aromatic carbocycles. The predicted molar refractivity (Wildman–Crippen MR) is 156 cm³/mol. The third kappa shape index (κ3) is 5.21. The number of nitriles is 1. The average Bonchev–Trinajstić information content (AvgIpc) is 3.30. The molecule has 9 heteroatoms. The van der Waals surface area contributed by atoms with Gasteiger partial charge in [-0.1, -0.05) is 84.9 Å². The maximum atomic E-state index is 14.1. The number of Topliss-reactive ketones (excluding diaryl/α,β-unsaturated/α-hetero) is 1. The lowest BCUT2D eigenvalue weighted by atomic mass is 9.84. The van der Waals surface area contributed by atoms with Gasteiger partial charge in [-0.2, -0.15) is 5.26 Å². The molecule has 1 heterocycles. The maximum Gasteiger partial charge on any atom is 0.266 e. The number of sulfonamides is 1. The zero-order valence-corrected chi connectivity index (χ0v) is 22.9. The van der Waals surface area contributed by atoms with Crippen molar-refractivity contribution < 1.29 is 18.0 Å². The summed E-state index contributed by atoms with van der Waals surface area (Å²) in [5.41, 5.74) is 9.59. The predicted octanol–water partition coefficient (Wildman–Crippen LogP) is 5.05. The van der Waals surface area contributed by atoms with Gasteiger partial charge in [0.05, 0.1) is 22.5 Å². The van der Waals surface area contributed by atoms with E-state index in [0.29, 0.717) is 11.3 Å². The van der Waals surface area contributed by atoms with Gasteiger partial charge in [0.1, 0.15) is 11.9 Å². The van der Waals surface area contributed by atoms with E-state index in [1.807, 2.05) is 42.5 Å². The largest absolute Gasteiger partial charge is 0.384 e. The second kappa shape index (κ2) is 11.1. The number of nitrogens with one attached hydrogen (secondary N) is 1. The number of carbonyl (C=O) groups excluding carboxylic acids is 2. The molecule has 0 radical (unpaired) electrons. The first-order valence-corrected chi connectivity index (χ1v) is 14.2. The Hall–Kier alpha value is -5.20. The second-order valence-electron chi connectivity index (χ2n) is 9.56. The van der Waals surface area contributed by atoms with Gasteiger partial charge in [0.25, 0.3) is 10.0 Å². The number of ketones is 1. The van der Waals surface area contributed by atoms with Crippen molar-refractivity contribution in [1.82, 2.24) is 4.31 Å². The van der Waals surface area contributed by atoms with Crippen LogP contribution >= 0.6 is 0 Å². The van der Waals surface area contributed by atoms with Gasteiger partial charge in [-0.25, -0.2) is 12.7 Å². The summed E-state index contributed by atoms with van der Waals surface area (Å²) in [6.45, 7) is 1.34. The van der Waals surface area contributed by atoms with Gasteiger partial charge in [0.15, 0.2) is 5.78 Å². The van der Waals surface area contributed by atoms with Crippen LogP contribution in [0.1, 0.15) is 28.8 Å². The van der Waals surface area contributed by atoms with E-state index >= 15 is 0 Å². The molecule has 0 aromatic heterocycles. The average molecular weight is 563 g/mol. The minimum absolute atomic E-state index is 0.00909. The molecule has 2 atom stereocenters. The first-order valence-electron chi connectivity index (χ1n) is 12.8. The van der Waals surface area contributed by atoms with Crippen molar-refractivity contribution in [3.8, 4) is 17.2 Å². The Labute approximate surface area is 238 Å². The molecule has 0 unspecified atom stereocenters. The monoisotopic (exact) mass is 562 g/mol. The van der Waals surface area contributed by atoms with Gasteiger partial charge < -0.3 is 11.1 Å². The van der Waals surface area contributed by atoms with E-state index in [4.69, 9.17) is 5.73 Å². The summed E-state index contributed by atoms with van der Waals surface area (Å²) in [7, 11) is -4.40. The number of carbonyl (C=O) groups is 2. The van der Waals surface area contributed by atoms with Crippen LogP contribution in [-0.4, -0.2) is 30.5 Å².